The topological polar surface area (TPSA) is 37.6 Å². The predicted molar refractivity (Wildman–Crippen MR) is 76.4 cm³/mol. The van der Waals surface area contributed by atoms with Gasteiger partial charge in [0.05, 0.1) is 11.3 Å². The summed E-state index contributed by atoms with van der Waals surface area (Å²) in [7, 11) is 0. The highest BCUT2D eigenvalue weighted by Crippen LogP contribution is 2.35. The molecule has 1 unspecified atom stereocenters. The zero-order valence-electron chi connectivity index (χ0n) is 10.5. The van der Waals surface area contributed by atoms with E-state index in [9.17, 15) is 4.79 Å². The number of fused-ring (bicyclic) bond motifs is 4. The van der Waals surface area contributed by atoms with Gasteiger partial charge in [-0.2, -0.15) is 0 Å². The SMILES string of the molecule is O=c1c2c(nc3cc(Br)ccn13)CCN1CCCC21. The fraction of sp³-hybridized carbons (Fsp3) is 0.429. The third-order valence-electron chi connectivity index (χ3n) is 4.24. The van der Waals surface area contributed by atoms with E-state index in [1.54, 1.807) is 4.40 Å². The molecule has 1 fully saturated rings. The minimum Gasteiger partial charge on any atom is -0.296 e. The summed E-state index contributed by atoms with van der Waals surface area (Å²) in [6, 6.07) is 4.09. The van der Waals surface area contributed by atoms with E-state index in [0.717, 1.165) is 47.3 Å². The van der Waals surface area contributed by atoms with Crippen LogP contribution in [-0.4, -0.2) is 27.4 Å². The zero-order chi connectivity index (χ0) is 13.0. The zero-order valence-corrected chi connectivity index (χ0v) is 12.1. The van der Waals surface area contributed by atoms with Crippen molar-refractivity contribution in [1.29, 1.82) is 0 Å². The van der Waals surface area contributed by atoms with Gasteiger partial charge in [0.25, 0.3) is 5.56 Å². The smallest absolute Gasteiger partial charge is 0.262 e. The van der Waals surface area contributed by atoms with Gasteiger partial charge < -0.3 is 0 Å². The summed E-state index contributed by atoms with van der Waals surface area (Å²) in [5.74, 6) is 0. The van der Waals surface area contributed by atoms with Crippen LogP contribution in [0.2, 0.25) is 0 Å². The Hall–Kier alpha value is -1.20. The maximum absolute atomic E-state index is 12.7. The van der Waals surface area contributed by atoms with E-state index >= 15 is 0 Å². The van der Waals surface area contributed by atoms with Gasteiger partial charge in [-0.1, -0.05) is 15.9 Å². The maximum Gasteiger partial charge on any atom is 0.262 e. The first-order valence-corrected chi connectivity index (χ1v) is 7.48. The van der Waals surface area contributed by atoms with Gasteiger partial charge >= 0.3 is 0 Å². The highest BCUT2D eigenvalue weighted by molar-refractivity contribution is 9.10. The second-order valence-electron chi connectivity index (χ2n) is 5.29. The number of aromatic nitrogens is 2. The predicted octanol–water partition coefficient (Wildman–Crippen LogP) is 2.15. The summed E-state index contributed by atoms with van der Waals surface area (Å²) < 4.78 is 2.63. The van der Waals surface area contributed by atoms with Crippen LogP contribution in [0, 0.1) is 0 Å². The molecule has 0 radical (unpaired) electrons. The molecule has 2 aromatic rings. The lowest BCUT2D eigenvalue weighted by atomic mass is 9.98. The Balaban J connectivity index is 2.02. The lowest BCUT2D eigenvalue weighted by Crippen LogP contribution is -2.37. The Kier molecular flexibility index (Phi) is 2.53. The molecule has 0 bridgehead atoms. The van der Waals surface area contributed by atoms with Crippen molar-refractivity contribution in [2.24, 2.45) is 0 Å². The molecule has 2 aromatic heterocycles. The average Bonchev–Trinajstić information content (AvgIpc) is 2.86. The third kappa shape index (κ3) is 1.68. The van der Waals surface area contributed by atoms with Crippen molar-refractivity contribution < 1.29 is 0 Å². The summed E-state index contributed by atoms with van der Waals surface area (Å²) in [6.45, 7) is 2.15. The van der Waals surface area contributed by atoms with Crippen LogP contribution < -0.4 is 5.56 Å². The molecule has 0 saturated carbocycles. The van der Waals surface area contributed by atoms with Gasteiger partial charge in [-0.3, -0.25) is 14.1 Å². The third-order valence-corrected chi connectivity index (χ3v) is 4.73. The molecule has 98 valence electrons. The van der Waals surface area contributed by atoms with Gasteiger partial charge in [0, 0.05) is 29.7 Å². The second kappa shape index (κ2) is 4.15. The number of rotatable bonds is 0. The second-order valence-corrected chi connectivity index (χ2v) is 6.21. The van der Waals surface area contributed by atoms with Crippen molar-refractivity contribution in [1.82, 2.24) is 14.3 Å². The van der Waals surface area contributed by atoms with Gasteiger partial charge in [0.1, 0.15) is 5.65 Å². The number of pyridine rings is 1. The first kappa shape index (κ1) is 11.6. The standard InChI is InChI=1S/C14H14BrN3O/c15-9-3-7-18-12(8-9)16-10-4-6-17-5-1-2-11(17)13(10)14(18)19/h3,7-8,11H,1-2,4-6H2. The molecule has 4 nitrogen and oxygen atoms in total. The first-order valence-electron chi connectivity index (χ1n) is 6.69. The fourth-order valence-corrected chi connectivity index (χ4v) is 3.69. The van der Waals surface area contributed by atoms with Crippen molar-refractivity contribution in [3.8, 4) is 0 Å². The van der Waals surface area contributed by atoms with Crippen molar-refractivity contribution in [3.63, 3.8) is 0 Å². The summed E-state index contributed by atoms with van der Waals surface area (Å²) in [4.78, 5) is 19.8. The van der Waals surface area contributed by atoms with Crippen molar-refractivity contribution >= 4 is 21.6 Å². The van der Waals surface area contributed by atoms with E-state index in [4.69, 9.17) is 4.98 Å². The molecule has 4 rings (SSSR count). The summed E-state index contributed by atoms with van der Waals surface area (Å²) in [5, 5.41) is 0. The lowest BCUT2D eigenvalue weighted by molar-refractivity contribution is 0.239. The minimum atomic E-state index is 0.115. The van der Waals surface area contributed by atoms with Crippen LogP contribution in [0.15, 0.2) is 27.6 Å². The Labute approximate surface area is 119 Å². The Morgan fingerprint density at radius 2 is 2.26 bits per heavy atom. The molecule has 19 heavy (non-hydrogen) atoms. The molecule has 1 saturated heterocycles. The quantitative estimate of drug-likeness (QED) is 0.746. The van der Waals surface area contributed by atoms with Crippen LogP contribution in [-0.2, 0) is 6.42 Å². The Bertz CT molecular complexity index is 724. The summed E-state index contributed by atoms with van der Waals surface area (Å²) >= 11 is 3.43. The lowest BCUT2D eigenvalue weighted by Gasteiger charge is -2.30. The van der Waals surface area contributed by atoms with E-state index in [1.807, 2.05) is 18.3 Å². The number of halogens is 1. The molecule has 4 heterocycles. The molecule has 5 heteroatoms. The van der Waals surface area contributed by atoms with Crippen LogP contribution in [0.4, 0.5) is 0 Å². The van der Waals surface area contributed by atoms with Gasteiger partial charge in [0.2, 0.25) is 0 Å². The van der Waals surface area contributed by atoms with Crippen LogP contribution in [0.1, 0.15) is 30.1 Å². The monoisotopic (exact) mass is 319 g/mol. The van der Waals surface area contributed by atoms with Gasteiger partial charge in [0.15, 0.2) is 0 Å². The van der Waals surface area contributed by atoms with E-state index in [1.165, 1.54) is 6.42 Å². The Morgan fingerprint density at radius 1 is 1.37 bits per heavy atom. The number of hydrogen-bond donors (Lipinski definition) is 0. The largest absolute Gasteiger partial charge is 0.296 e. The molecule has 0 N–H and O–H groups in total. The van der Waals surface area contributed by atoms with E-state index in [2.05, 4.69) is 20.8 Å². The van der Waals surface area contributed by atoms with Crippen molar-refractivity contribution in [2.75, 3.05) is 13.1 Å². The molecule has 0 amide bonds. The summed E-state index contributed by atoms with van der Waals surface area (Å²) in [5.41, 5.74) is 2.79. The number of nitrogens with zero attached hydrogens (tertiary/aromatic N) is 3. The van der Waals surface area contributed by atoms with Crippen LogP contribution >= 0.6 is 15.9 Å². The number of hydrogen-bond acceptors (Lipinski definition) is 3. The van der Waals surface area contributed by atoms with E-state index in [0.29, 0.717) is 6.04 Å². The highest BCUT2D eigenvalue weighted by atomic mass is 79.9. The maximum atomic E-state index is 12.7. The average molecular weight is 320 g/mol. The van der Waals surface area contributed by atoms with E-state index in [-0.39, 0.29) is 5.56 Å². The normalized spacial score (nSPS) is 22.5. The molecule has 2 aliphatic heterocycles. The van der Waals surface area contributed by atoms with Crippen molar-refractivity contribution in [2.45, 2.75) is 25.3 Å². The minimum absolute atomic E-state index is 0.115. The molecule has 2 aliphatic rings. The molecular weight excluding hydrogens is 306 g/mol. The Morgan fingerprint density at radius 3 is 3.16 bits per heavy atom. The fourth-order valence-electron chi connectivity index (χ4n) is 3.37. The molecule has 0 spiro atoms. The molecule has 0 aromatic carbocycles. The van der Waals surface area contributed by atoms with Gasteiger partial charge in [-0.25, -0.2) is 4.98 Å². The van der Waals surface area contributed by atoms with Crippen LogP contribution in [0.5, 0.6) is 0 Å². The van der Waals surface area contributed by atoms with Crippen LogP contribution in [0.25, 0.3) is 5.65 Å². The molecule has 1 atom stereocenters. The first-order chi connectivity index (χ1) is 9.24. The van der Waals surface area contributed by atoms with E-state index < -0.39 is 0 Å². The van der Waals surface area contributed by atoms with Crippen molar-refractivity contribution in [3.05, 3.63) is 44.4 Å². The van der Waals surface area contributed by atoms with Gasteiger partial charge in [-0.05, 0) is 31.5 Å². The molecular formula is C14H14BrN3O. The van der Waals surface area contributed by atoms with Crippen LogP contribution in [0.3, 0.4) is 0 Å². The summed E-state index contributed by atoms with van der Waals surface area (Å²) in [6.07, 6.45) is 4.98. The van der Waals surface area contributed by atoms with Gasteiger partial charge in [-0.15, -0.1) is 0 Å². The molecule has 0 aliphatic carbocycles. The highest BCUT2D eigenvalue weighted by Gasteiger charge is 2.34.